The van der Waals surface area contributed by atoms with Gasteiger partial charge < -0.3 is 25.8 Å². The molecule has 0 spiro atoms. The van der Waals surface area contributed by atoms with Gasteiger partial charge in [-0.3, -0.25) is 28.9 Å². The number of hydrogen-bond donors (Lipinski definition) is 3. The van der Waals surface area contributed by atoms with Crippen LogP contribution in [0.4, 0.5) is 11.4 Å². The maximum atomic E-state index is 12.9. The first-order valence-corrected chi connectivity index (χ1v) is 10.5. The van der Waals surface area contributed by atoms with Crippen LogP contribution in [0.3, 0.4) is 0 Å². The molecule has 2 heterocycles. The van der Waals surface area contributed by atoms with E-state index >= 15 is 0 Å². The molecule has 11 nitrogen and oxygen atoms in total. The van der Waals surface area contributed by atoms with E-state index in [0.717, 1.165) is 6.41 Å². The molecule has 3 N–H and O–H groups in total. The van der Waals surface area contributed by atoms with Crippen LogP contribution < -0.4 is 16.0 Å². The first-order valence-electron chi connectivity index (χ1n) is 10.5. The molecule has 1 aromatic rings. The summed E-state index contributed by atoms with van der Waals surface area (Å²) in [6.45, 7) is 4.52. The summed E-state index contributed by atoms with van der Waals surface area (Å²) in [6.07, 6.45) is 0.639. The molecule has 1 aromatic carbocycles. The minimum Gasteiger partial charge on any atom is -0.353 e. The van der Waals surface area contributed by atoms with Gasteiger partial charge in [-0.1, -0.05) is 0 Å². The largest absolute Gasteiger partial charge is 0.353 e. The molecule has 0 bridgehead atoms. The van der Waals surface area contributed by atoms with Crippen molar-refractivity contribution < 1.29 is 24.0 Å². The van der Waals surface area contributed by atoms with E-state index in [1.54, 1.807) is 29.2 Å². The Balaban J connectivity index is 1.57. The number of piperazine rings is 2. The van der Waals surface area contributed by atoms with Gasteiger partial charge in [-0.2, -0.15) is 0 Å². The number of carbonyl (C=O) groups is 5. The number of carbonyl (C=O) groups excluding carboxylic acids is 5. The van der Waals surface area contributed by atoms with Crippen molar-refractivity contribution >= 4 is 41.4 Å². The zero-order chi connectivity index (χ0) is 23.1. The molecule has 11 heteroatoms. The average molecular weight is 444 g/mol. The first-order chi connectivity index (χ1) is 15.4. The Morgan fingerprint density at radius 2 is 1.66 bits per heavy atom. The topological polar surface area (TPSA) is 131 Å². The van der Waals surface area contributed by atoms with E-state index in [9.17, 15) is 24.0 Å². The lowest BCUT2D eigenvalue weighted by atomic mass is 10.1. The monoisotopic (exact) mass is 444 g/mol. The first kappa shape index (κ1) is 23.2. The molecular weight excluding hydrogens is 416 g/mol. The smallest absolute Gasteiger partial charge is 0.243 e. The summed E-state index contributed by atoms with van der Waals surface area (Å²) in [6, 6.07) is 5.72. The summed E-state index contributed by atoms with van der Waals surface area (Å²) in [5.41, 5.74) is 1.12. The predicted molar refractivity (Wildman–Crippen MR) is 117 cm³/mol. The van der Waals surface area contributed by atoms with Crippen LogP contribution in [0.5, 0.6) is 0 Å². The summed E-state index contributed by atoms with van der Waals surface area (Å²) in [5, 5.41) is 8.08. The van der Waals surface area contributed by atoms with Crippen LogP contribution in [0.15, 0.2) is 24.3 Å². The van der Waals surface area contributed by atoms with Crippen LogP contribution in [0.1, 0.15) is 13.3 Å². The fourth-order valence-corrected chi connectivity index (χ4v) is 3.75. The maximum Gasteiger partial charge on any atom is 0.243 e. The van der Waals surface area contributed by atoms with Crippen molar-refractivity contribution in [1.82, 2.24) is 20.0 Å². The van der Waals surface area contributed by atoms with E-state index in [-0.39, 0.29) is 30.7 Å². The highest BCUT2D eigenvalue weighted by atomic mass is 16.2. The van der Waals surface area contributed by atoms with Gasteiger partial charge in [0.1, 0.15) is 6.04 Å². The van der Waals surface area contributed by atoms with Crippen molar-refractivity contribution in [3.05, 3.63) is 24.3 Å². The summed E-state index contributed by atoms with van der Waals surface area (Å²) in [5.74, 6) is -1.15. The number of benzene rings is 1. The molecule has 172 valence electrons. The third-order valence-corrected chi connectivity index (χ3v) is 5.43. The quantitative estimate of drug-likeness (QED) is 0.466. The highest BCUT2D eigenvalue weighted by molar-refractivity contribution is 5.98. The Morgan fingerprint density at radius 1 is 1.03 bits per heavy atom. The SMILES string of the molecule is CC(=O)Nc1ccc(NC(=O)CC2C(=O)NCCN2C(=O)CN2CCN(C=O)CC2)cc1. The molecule has 0 saturated carbocycles. The van der Waals surface area contributed by atoms with Gasteiger partial charge in [-0.05, 0) is 24.3 Å². The van der Waals surface area contributed by atoms with Gasteiger partial charge in [0.05, 0.1) is 13.0 Å². The second-order valence-corrected chi connectivity index (χ2v) is 7.82. The molecule has 32 heavy (non-hydrogen) atoms. The van der Waals surface area contributed by atoms with E-state index in [0.29, 0.717) is 50.6 Å². The van der Waals surface area contributed by atoms with Gasteiger partial charge in [0.15, 0.2) is 0 Å². The number of hydrogen-bond acceptors (Lipinski definition) is 6. The zero-order valence-electron chi connectivity index (χ0n) is 18.0. The number of anilines is 2. The molecule has 2 fully saturated rings. The minimum atomic E-state index is -0.883. The number of amides is 5. The third-order valence-electron chi connectivity index (χ3n) is 5.43. The van der Waals surface area contributed by atoms with Crippen molar-refractivity contribution in [2.24, 2.45) is 0 Å². The molecule has 1 atom stereocenters. The molecule has 2 saturated heterocycles. The Kier molecular flexibility index (Phi) is 7.77. The van der Waals surface area contributed by atoms with Crippen molar-refractivity contribution in [2.45, 2.75) is 19.4 Å². The van der Waals surface area contributed by atoms with Gasteiger partial charge in [-0.15, -0.1) is 0 Å². The van der Waals surface area contributed by atoms with E-state index in [4.69, 9.17) is 0 Å². The van der Waals surface area contributed by atoms with E-state index in [1.165, 1.54) is 11.8 Å². The van der Waals surface area contributed by atoms with Crippen LogP contribution in [-0.4, -0.2) is 96.6 Å². The predicted octanol–water partition coefficient (Wildman–Crippen LogP) is -0.925. The molecule has 3 rings (SSSR count). The molecule has 1 unspecified atom stereocenters. The fourth-order valence-electron chi connectivity index (χ4n) is 3.75. The standard InChI is InChI=1S/C21H28N6O5/c1-15(29)23-16-2-4-17(5-3-16)24-19(30)12-18-21(32)22-6-7-27(18)20(31)13-25-8-10-26(14-28)11-9-25/h2-5,14,18H,6-13H2,1H3,(H,22,32)(H,23,29)(H,24,30). The average Bonchev–Trinajstić information content (AvgIpc) is 2.76. The Labute approximate surface area is 186 Å². The van der Waals surface area contributed by atoms with Gasteiger partial charge >= 0.3 is 0 Å². The molecule has 2 aliphatic heterocycles. The molecule has 0 aliphatic carbocycles. The lowest BCUT2D eigenvalue weighted by molar-refractivity contribution is -0.145. The normalized spacial score (nSPS) is 19.2. The summed E-state index contributed by atoms with van der Waals surface area (Å²) >= 11 is 0. The van der Waals surface area contributed by atoms with Crippen LogP contribution in [0, 0.1) is 0 Å². The van der Waals surface area contributed by atoms with Crippen molar-refractivity contribution in [2.75, 3.05) is 56.4 Å². The van der Waals surface area contributed by atoms with E-state index < -0.39 is 11.9 Å². The van der Waals surface area contributed by atoms with Crippen molar-refractivity contribution in [3.63, 3.8) is 0 Å². The number of nitrogens with one attached hydrogen (secondary N) is 3. The summed E-state index contributed by atoms with van der Waals surface area (Å²) < 4.78 is 0. The van der Waals surface area contributed by atoms with Crippen molar-refractivity contribution in [1.29, 1.82) is 0 Å². The molecule has 5 amide bonds. The van der Waals surface area contributed by atoms with Gasteiger partial charge in [-0.25, -0.2) is 0 Å². The Morgan fingerprint density at radius 3 is 2.25 bits per heavy atom. The highest BCUT2D eigenvalue weighted by Gasteiger charge is 2.35. The molecule has 0 aromatic heterocycles. The molecular formula is C21H28N6O5. The van der Waals surface area contributed by atoms with E-state index in [1.807, 2.05) is 4.90 Å². The summed E-state index contributed by atoms with van der Waals surface area (Å²) in [7, 11) is 0. The van der Waals surface area contributed by atoms with E-state index in [2.05, 4.69) is 16.0 Å². The van der Waals surface area contributed by atoms with Crippen LogP contribution in [0.2, 0.25) is 0 Å². The number of nitrogens with zero attached hydrogens (tertiary/aromatic N) is 3. The molecule has 0 radical (unpaired) electrons. The van der Waals surface area contributed by atoms with Crippen LogP contribution in [-0.2, 0) is 24.0 Å². The zero-order valence-corrected chi connectivity index (χ0v) is 18.0. The third kappa shape index (κ3) is 6.27. The summed E-state index contributed by atoms with van der Waals surface area (Å²) in [4.78, 5) is 64.9. The van der Waals surface area contributed by atoms with Crippen molar-refractivity contribution in [3.8, 4) is 0 Å². The lowest BCUT2D eigenvalue weighted by Gasteiger charge is -2.37. The van der Waals surface area contributed by atoms with Gasteiger partial charge in [0.2, 0.25) is 30.0 Å². The Bertz CT molecular complexity index is 866. The fraction of sp³-hybridized carbons (Fsp3) is 0.476. The molecule has 2 aliphatic rings. The minimum absolute atomic E-state index is 0.142. The lowest BCUT2D eigenvalue weighted by Crippen LogP contribution is -2.60. The number of rotatable bonds is 7. The highest BCUT2D eigenvalue weighted by Crippen LogP contribution is 2.16. The maximum absolute atomic E-state index is 12.9. The van der Waals surface area contributed by atoms with Crippen LogP contribution >= 0.6 is 0 Å². The second-order valence-electron chi connectivity index (χ2n) is 7.82. The van der Waals surface area contributed by atoms with Crippen LogP contribution in [0.25, 0.3) is 0 Å². The van der Waals surface area contributed by atoms with Gasteiger partial charge in [0.25, 0.3) is 0 Å². The van der Waals surface area contributed by atoms with Gasteiger partial charge in [0, 0.05) is 57.6 Å². The Hall–Kier alpha value is -3.47. The second kappa shape index (κ2) is 10.7.